The molecule has 1 atom stereocenters. The summed E-state index contributed by atoms with van der Waals surface area (Å²) in [6.07, 6.45) is 2.46. The molecule has 2 aromatic heterocycles. The summed E-state index contributed by atoms with van der Waals surface area (Å²) in [6.45, 7) is 4.82. The standard InChI is InChI=1S/C21H23N3O4S2/c1-3-5-9-24-20(26)18-14(8-10-29-18)23-21(24)30-17(4-2)19(25)22-13-6-7-15-16(11-13)28-12-27-15/h6-8,10-11,17H,3-5,9,12H2,1-2H3,(H,22,25). The summed E-state index contributed by atoms with van der Waals surface area (Å²) in [7, 11) is 0. The molecule has 1 unspecified atom stereocenters. The summed E-state index contributed by atoms with van der Waals surface area (Å²) in [5.74, 6) is 1.15. The Morgan fingerprint density at radius 3 is 2.93 bits per heavy atom. The van der Waals surface area contributed by atoms with Gasteiger partial charge in [-0.15, -0.1) is 11.3 Å². The third-order valence-corrected chi connectivity index (χ3v) is 7.06. The summed E-state index contributed by atoms with van der Waals surface area (Å²) >= 11 is 2.75. The lowest BCUT2D eigenvalue weighted by atomic mass is 10.2. The molecule has 0 saturated heterocycles. The van der Waals surface area contributed by atoms with Crippen LogP contribution in [0.25, 0.3) is 10.2 Å². The zero-order valence-corrected chi connectivity index (χ0v) is 18.5. The first-order valence-electron chi connectivity index (χ1n) is 9.96. The van der Waals surface area contributed by atoms with E-state index in [1.54, 1.807) is 22.8 Å². The summed E-state index contributed by atoms with van der Waals surface area (Å²) < 4.78 is 13.1. The van der Waals surface area contributed by atoms with Gasteiger partial charge in [-0.1, -0.05) is 32.0 Å². The number of thioether (sulfide) groups is 1. The van der Waals surface area contributed by atoms with Crippen molar-refractivity contribution in [3.05, 3.63) is 40.0 Å². The Hall–Kier alpha value is -2.52. The number of nitrogens with zero attached hydrogens (tertiary/aromatic N) is 2. The van der Waals surface area contributed by atoms with Crippen LogP contribution in [0.1, 0.15) is 33.1 Å². The number of fused-ring (bicyclic) bond motifs is 2. The van der Waals surface area contributed by atoms with E-state index in [0.717, 1.165) is 12.8 Å². The third-order valence-electron chi connectivity index (χ3n) is 4.82. The van der Waals surface area contributed by atoms with Gasteiger partial charge in [0, 0.05) is 18.3 Å². The van der Waals surface area contributed by atoms with Crippen molar-refractivity contribution in [2.24, 2.45) is 0 Å². The Labute approximate surface area is 182 Å². The molecule has 9 heteroatoms. The number of aromatic nitrogens is 2. The molecule has 0 radical (unpaired) electrons. The average molecular weight is 446 g/mol. The van der Waals surface area contributed by atoms with Gasteiger partial charge in [0.2, 0.25) is 12.7 Å². The summed E-state index contributed by atoms with van der Waals surface area (Å²) in [4.78, 5) is 30.6. The second-order valence-corrected chi connectivity index (χ2v) is 9.00. The number of anilines is 1. The molecule has 0 fully saturated rings. The van der Waals surface area contributed by atoms with Crippen molar-refractivity contribution in [2.45, 2.75) is 50.1 Å². The third kappa shape index (κ3) is 4.17. The van der Waals surface area contributed by atoms with Crippen molar-refractivity contribution < 1.29 is 14.3 Å². The van der Waals surface area contributed by atoms with E-state index in [4.69, 9.17) is 14.5 Å². The first-order chi connectivity index (χ1) is 14.6. The zero-order chi connectivity index (χ0) is 21.1. The zero-order valence-electron chi connectivity index (χ0n) is 16.8. The maximum absolute atomic E-state index is 13.0. The highest BCUT2D eigenvalue weighted by molar-refractivity contribution is 8.00. The molecule has 30 heavy (non-hydrogen) atoms. The molecule has 1 aromatic carbocycles. The summed E-state index contributed by atoms with van der Waals surface area (Å²) in [5.41, 5.74) is 1.30. The van der Waals surface area contributed by atoms with Crippen LogP contribution in [0.3, 0.4) is 0 Å². The Morgan fingerprint density at radius 1 is 1.30 bits per heavy atom. The van der Waals surface area contributed by atoms with Crippen LogP contribution < -0.4 is 20.3 Å². The van der Waals surface area contributed by atoms with Crippen LogP contribution in [0.4, 0.5) is 5.69 Å². The quantitative estimate of drug-likeness (QED) is 0.406. The normalized spacial score (nSPS) is 13.5. The van der Waals surface area contributed by atoms with E-state index in [0.29, 0.717) is 45.5 Å². The van der Waals surface area contributed by atoms with Gasteiger partial charge in [-0.2, -0.15) is 0 Å². The average Bonchev–Trinajstić information content (AvgIpc) is 3.40. The molecule has 1 N–H and O–H groups in total. The number of carbonyl (C=O) groups is 1. The van der Waals surface area contributed by atoms with Gasteiger partial charge in [-0.05, 0) is 36.4 Å². The van der Waals surface area contributed by atoms with Gasteiger partial charge >= 0.3 is 0 Å². The monoisotopic (exact) mass is 445 g/mol. The van der Waals surface area contributed by atoms with Crippen molar-refractivity contribution in [3.8, 4) is 11.5 Å². The molecule has 158 valence electrons. The van der Waals surface area contributed by atoms with Crippen LogP contribution in [-0.4, -0.2) is 27.5 Å². The predicted octanol–water partition coefficient (Wildman–Crippen LogP) is 4.50. The molecule has 0 saturated carbocycles. The van der Waals surface area contributed by atoms with Crippen molar-refractivity contribution in [2.75, 3.05) is 12.1 Å². The van der Waals surface area contributed by atoms with Crippen LogP contribution in [0, 0.1) is 0 Å². The van der Waals surface area contributed by atoms with Gasteiger partial charge < -0.3 is 14.8 Å². The van der Waals surface area contributed by atoms with Crippen molar-refractivity contribution >= 4 is 44.9 Å². The van der Waals surface area contributed by atoms with Gasteiger partial charge in [0.15, 0.2) is 16.7 Å². The Balaban J connectivity index is 1.57. The number of rotatable bonds is 8. The number of benzene rings is 1. The Bertz CT molecular complexity index is 1130. The largest absolute Gasteiger partial charge is 0.454 e. The minimum Gasteiger partial charge on any atom is -0.454 e. The number of hydrogen-bond donors (Lipinski definition) is 1. The lowest BCUT2D eigenvalue weighted by Crippen LogP contribution is -2.28. The topological polar surface area (TPSA) is 82.5 Å². The van der Waals surface area contributed by atoms with E-state index < -0.39 is 0 Å². The molecule has 1 aliphatic heterocycles. The van der Waals surface area contributed by atoms with Crippen LogP contribution in [0.5, 0.6) is 11.5 Å². The highest BCUT2D eigenvalue weighted by Gasteiger charge is 2.23. The first kappa shape index (κ1) is 20.7. The first-order valence-corrected chi connectivity index (χ1v) is 11.7. The number of ether oxygens (including phenoxy) is 2. The van der Waals surface area contributed by atoms with Crippen LogP contribution in [-0.2, 0) is 11.3 Å². The minimum atomic E-state index is -0.383. The summed E-state index contributed by atoms with van der Waals surface area (Å²) in [6, 6.07) is 7.17. The number of nitrogens with one attached hydrogen (secondary N) is 1. The van der Waals surface area contributed by atoms with Crippen LogP contribution >= 0.6 is 23.1 Å². The van der Waals surface area contributed by atoms with Crippen LogP contribution in [0.15, 0.2) is 39.6 Å². The fraction of sp³-hybridized carbons (Fsp3) is 0.381. The molecule has 0 spiro atoms. The smallest absolute Gasteiger partial charge is 0.272 e. The number of unbranched alkanes of at least 4 members (excludes halogenated alkanes) is 1. The SMILES string of the molecule is CCCCn1c(SC(CC)C(=O)Nc2ccc3c(c2)OCO3)nc2ccsc2c1=O. The van der Waals surface area contributed by atoms with Gasteiger partial charge in [0.05, 0.1) is 10.8 Å². The molecule has 4 rings (SSSR count). The van der Waals surface area contributed by atoms with E-state index in [1.807, 2.05) is 18.4 Å². The molecular weight excluding hydrogens is 422 g/mol. The number of carbonyl (C=O) groups excluding carboxylic acids is 1. The maximum Gasteiger partial charge on any atom is 0.272 e. The second-order valence-electron chi connectivity index (χ2n) is 6.91. The molecule has 1 aliphatic rings. The van der Waals surface area contributed by atoms with Crippen molar-refractivity contribution in [1.29, 1.82) is 0 Å². The van der Waals surface area contributed by atoms with Gasteiger partial charge in [-0.3, -0.25) is 14.2 Å². The second kappa shape index (κ2) is 9.09. The number of amides is 1. The Morgan fingerprint density at radius 2 is 2.13 bits per heavy atom. The molecule has 0 aliphatic carbocycles. The van der Waals surface area contributed by atoms with E-state index in [2.05, 4.69) is 12.2 Å². The minimum absolute atomic E-state index is 0.0306. The maximum atomic E-state index is 13.0. The van der Waals surface area contributed by atoms with E-state index in [-0.39, 0.29) is 23.5 Å². The molecule has 1 amide bonds. The van der Waals surface area contributed by atoms with E-state index >= 15 is 0 Å². The fourth-order valence-electron chi connectivity index (χ4n) is 3.17. The Kier molecular flexibility index (Phi) is 6.29. The number of hydrogen-bond acceptors (Lipinski definition) is 7. The van der Waals surface area contributed by atoms with Gasteiger partial charge in [0.1, 0.15) is 4.70 Å². The predicted molar refractivity (Wildman–Crippen MR) is 120 cm³/mol. The fourth-order valence-corrected chi connectivity index (χ4v) is 4.99. The van der Waals surface area contributed by atoms with Gasteiger partial charge in [-0.25, -0.2) is 4.98 Å². The molecular formula is C21H23N3O4S2. The van der Waals surface area contributed by atoms with Crippen molar-refractivity contribution in [1.82, 2.24) is 9.55 Å². The van der Waals surface area contributed by atoms with Gasteiger partial charge in [0.25, 0.3) is 5.56 Å². The lowest BCUT2D eigenvalue weighted by Gasteiger charge is -2.17. The van der Waals surface area contributed by atoms with Crippen molar-refractivity contribution in [3.63, 3.8) is 0 Å². The van der Waals surface area contributed by atoms with Crippen LogP contribution in [0.2, 0.25) is 0 Å². The molecule has 3 heterocycles. The number of thiophene rings is 1. The molecule has 3 aromatic rings. The highest BCUT2D eigenvalue weighted by atomic mass is 32.2. The van der Waals surface area contributed by atoms with E-state index in [9.17, 15) is 9.59 Å². The molecule has 7 nitrogen and oxygen atoms in total. The molecule has 0 bridgehead atoms. The highest BCUT2D eigenvalue weighted by Crippen LogP contribution is 2.35. The summed E-state index contributed by atoms with van der Waals surface area (Å²) in [5, 5.41) is 5.03. The lowest BCUT2D eigenvalue weighted by molar-refractivity contribution is -0.115. The van der Waals surface area contributed by atoms with E-state index in [1.165, 1.54) is 23.1 Å².